The fourth-order valence-electron chi connectivity index (χ4n) is 6.42. The van der Waals surface area contributed by atoms with Crippen molar-refractivity contribution in [3.63, 3.8) is 0 Å². The SMILES string of the molecule is CC(C)N=S1(=O)CCN(c2ccc(-c3cn(-c4ccc(F)cc4)nc3C3CCCCC3C(=O)NC3(C#N)CC3)cc2)CC1. The third-order valence-electron chi connectivity index (χ3n) is 8.92. The molecule has 1 saturated heterocycles. The lowest BCUT2D eigenvalue weighted by atomic mass is 9.75. The second-order valence-electron chi connectivity index (χ2n) is 12.4. The maximum atomic E-state index is 13.7. The number of nitriles is 1. The van der Waals surface area contributed by atoms with Gasteiger partial charge in [0, 0.05) is 53.9 Å². The highest BCUT2D eigenvalue weighted by atomic mass is 32.2. The summed E-state index contributed by atoms with van der Waals surface area (Å²) in [6.45, 7) is 5.35. The van der Waals surface area contributed by atoms with E-state index in [1.807, 2.05) is 20.0 Å². The minimum Gasteiger partial charge on any atom is -0.370 e. The molecule has 6 rings (SSSR count). The molecule has 1 N–H and O–H groups in total. The minimum absolute atomic E-state index is 0.0627. The Kier molecular flexibility index (Phi) is 8.03. The lowest BCUT2D eigenvalue weighted by molar-refractivity contribution is -0.127. The molecule has 3 aromatic rings. The number of halogens is 1. The molecule has 3 aliphatic rings. The second-order valence-corrected chi connectivity index (χ2v) is 15.0. The Morgan fingerprint density at radius 3 is 2.35 bits per heavy atom. The molecule has 10 heteroatoms. The third kappa shape index (κ3) is 6.32. The van der Waals surface area contributed by atoms with Gasteiger partial charge in [0.25, 0.3) is 0 Å². The van der Waals surface area contributed by atoms with Gasteiger partial charge >= 0.3 is 0 Å². The number of aromatic nitrogens is 2. The van der Waals surface area contributed by atoms with E-state index in [0.29, 0.717) is 37.4 Å². The van der Waals surface area contributed by atoms with Crippen molar-refractivity contribution in [1.82, 2.24) is 15.1 Å². The Balaban J connectivity index is 1.31. The van der Waals surface area contributed by atoms with Crippen molar-refractivity contribution in [1.29, 1.82) is 5.26 Å². The summed E-state index contributed by atoms with van der Waals surface area (Å²) in [7, 11) is -2.15. The molecule has 0 spiro atoms. The maximum Gasteiger partial charge on any atom is 0.225 e. The molecular weight excluding hydrogens is 563 g/mol. The van der Waals surface area contributed by atoms with Crippen LogP contribution in [0.4, 0.5) is 10.1 Å². The van der Waals surface area contributed by atoms with Gasteiger partial charge in [-0.2, -0.15) is 10.4 Å². The highest BCUT2D eigenvalue weighted by Gasteiger charge is 2.47. The minimum atomic E-state index is -2.15. The predicted octanol–water partition coefficient (Wildman–Crippen LogP) is 5.82. The summed E-state index contributed by atoms with van der Waals surface area (Å²) in [5.74, 6) is 0.397. The first-order valence-electron chi connectivity index (χ1n) is 15.3. The Bertz CT molecular complexity index is 1630. The molecule has 226 valence electrons. The van der Waals surface area contributed by atoms with E-state index < -0.39 is 15.3 Å². The Morgan fingerprint density at radius 2 is 1.72 bits per heavy atom. The lowest BCUT2D eigenvalue weighted by Crippen LogP contribution is -2.42. The summed E-state index contributed by atoms with van der Waals surface area (Å²) in [5.41, 5.74) is 3.89. The van der Waals surface area contributed by atoms with Gasteiger partial charge in [-0.25, -0.2) is 17.6 Å². The van der Waals surface area contributed by atoms with Crippen LogP contribution in [0.15, 0.2) is 59.1 Å². The van der Waals surface area contributed by atoms with Gasteiger partial charge in [-0.15, -0.1) is 0 Å². The van der Waals surface area contributed by atoms with Crippen LogP contribution in [0, 0.1) is 23.1 Å². The van der Waals surface area contributed by atoms with Crippen LogP contribution < -0.4 is 10.2 Å². The number of benzene rings is 2. The van der Waals surface area contributed by atoms with Crippen molar-refractivity contribution in [3.05, 3.63) is 66.2 Å². The van der Waals surface area contributed by atoms with Crippen LogP contribution in [0.5, 0.6) is 0 Å². The van der Waals surface area contributed by atoms with Crippen molar-refractivity contribution in [3.8, 4) is 22.9 Å². The van der Waals surface area contributed by atoms with Crippen molar-refractivity contribution in [2.75, 3.05) is 29.5 Å². The van der Waals surface area contributed by atoms with Crippen molar-refractivity contribution < 1.29 is 13.4 Å². The monoisotopic (exact) mass is 602 g/mol. The maximum absolute atomic E-state index is 13.7. The molecule has 1 aromatic heterocycles. The zero-order valence-electron chi connectivity index (χ0n) is 24.8. The second kappa shape index (κ2) is 11.8. The summed E-state index contributed by atoms with van der Waals surface area (Å²) in [4.78, 5) is 15.8. The number of carbonyl (C=O) groups excluding carboxylic acids is 1. The van der Waals surface area contributed by atoms with E-state index >= 15 is 0 Å². The number of anilines is 1. The van der Waals surface area contributed by atoms with Crippen LogP contribution in [0.3, 0.4) is 0 Å². The highest BCUT2D eigenvalue weighted by molar-refractivity contribution is 7.93. The number of nitrogens with zero attached hydrogens (tertiary/aromatic N) is 5. The van der Waals surface area contributed by atoms with Gasteiger partial charge < -0.3 is 10.2 Å². The quantitative estimate of drug-likeness (QED) is 0.367. The van der Waals surface area contributed by atoms with Crippen LogP contribution >= 0.6 is 0 Å². The number of hydrogen-bond donors (Lipinski definition) is 1. The van der Waals surface area contributed by atoms with E-state index in [0.717, 1.165) is 53.9 Å². The Labute approximate surface area is 253 Å². The number of rotatable bonds is 7. The normalized spacial score (nSPS) is 22.5. The standard InChI is InChI=1S/C33H39FN6O2S/c1-23(2)38-43(42)19-17-39(18-20-43)26-11-7-24(8-12-26)30-21-40(27-13-9-25(34)10-14-27)37-31(30)28-5-3-4-6-29(28)32(41)36-33(22-35)15-16-33/h7-14,21,23,28-29H,3-6,15-20H2,1-2H3,(H,36,41). The predicted molar refractivity (Wildman–Crippen MR) is 167 cm³/mol. The van der Waals surface area contributed by atoms with Crippen LogP contribution in [0.25, 0.3) is 16.8 Å². The van der Waals surface area contributed by atoms with Gasteiger partial charge in [0.1, 0.15) is 11.4 Å². The zero-order valence-corrected chi connectivity index (χ0v) is 25.7. The molecule has 3 fully saturated rings. The zero-order chi connectivity index (χ0) is 30.2. The third-order valence-corrected chi connectivity index (χ3v) is 11.4. The number of hydrogen-bond acceptors (Lipinski definition) is 6. The summed E-state index contributed by atoms with van der Waals surface area (Å²) in [6.07, 6.45) is 6.92. The van der Waals surface area contributed by atoms with Crippen molar-refractivity contribution in [2.24, 2.45) is 10.3 Å². The van der Waals surface area contributed by atoms with E-state index in [9.17, 15) is 18.7 Å². The molecule has 2 aliphatic carbocycles. The van der Waals surface area contributed by atoms with E-state index in [1.54, 1.807) is 16.8 Å². The molecular formula is C33H39FN6O2S. The molecule has 0 radical (unpaired) electrons. The van der Waals surface area contributed by atoms with Gasteiger partial charge in [0.15, 0.2) is 0 Å². The van der Waals surface area contributed by atoms with Crippen LogP contribution in [0.1, 0.15) is 64.0 Å². The van der Waals surface area contributed by atoms with E-state index in [1.165, 1.54) is 12.1 Å². The number of amides is 1. The van der Waals surface area contributed by atoms with Crippen LogP contribution in [0.2, 0.25) is 0 Å². The molecule has 8 nitrogen and oxygen atoms in total. The van der Waals surface area contributed by atoms with Gasteiger partial charge in [0.05, 0.1) is 33.2 Å². The summed E-state index contributed by atoms with van der Waals surface area (Å²) in [5, 5.41) is 17.6. The van der Waals surface area contributed by atoms with Gasteiger partial charge in [-0.1, -0.05) is 25.0 Å². The van der Waals surface area contributed by atoms with Crippen LogP contribution in [-0.2, 0) is 14.5 Å². The molecule has 2 unspecified atom stereocenters. The first-order valence-corrected chi connectivity index (χ1v) is 17.2. The lowest BCUT2D eigenvalue weighted by Gasteiger charge is -2.31. The average molecular weight is 603 g/mol. The Hall–Kier alpha value is -3.71. The summed E-state index contributed by atoms with van der Waals surface area (Å²) < 4.78 is 33.1. The fourth-order valence-corrected chi connectivity index (χ4v) is 8.61. The molecule has 43 heavy (non-hydrogen) atoms. The average Bonchev–Trinajstić information content (AvgIpc) is 3.64. The first-order chi connectivity index (χ1) is 20.7. The van der Waals surface area contributed by atoms with Gasteiger partial charge in [0.2, 0.25) is 5.91 Å². The van der Waals surface area contributed by atoms with Crippen molar-refractivity contribution in [2.45, 2.75) is 69.9 Å². The molecule has 1 aliphatic heterocycles. The van der Waals surface area contributed by atoms with Crippen LogP contribution in [-0.4, -0.2) is 56.1 Å². The molecule has 1 amide bonds. The smallest absolute Gasteiger partial charge is 0.225 e. The topological polar surface area (TPSA) is 103 Å². The largest absolute Gasteiger partial charge is 0.370 e. The van der Waals surface area contributed by atoms with E-state index in [4.69, 9.17) is 5.10 Å². The fraction of sp³-hybridized carbons (Fsp3) is 0.485. The number of carbonyl (C=O) groups is 1. The summed E-state index contributed by atoms with van der Waals surface area (Å²) in [6, 6.07) is 17.0. The number of nitrogens with one attached hydrogen (secondary N) is 1. The molecule has 0 bridgehead atoms. The first kappa shape index (κ1) is 29.4. The van der Waals surface area contributed by atoms with Gasteiger partial charge in [-0.3, -0.25) is 4.79 Å². The van der Waals surface area contributed by atoms with E-state index in [2.05, 4.69) is 44.9 Å². The molecule has 2 atom stereocenters. The molecule has 2 saturated carbocycles. The van der Waals surface area contributed by atoms with Gasteiger partial charge in [-0.05, 0) is 81.5 Å². The summed E-state index contributed by atoms with van der Waals surface area (Å²) >= 11 is 0. The highest BCUT2D eigenvalue weighted by Crippen LogP contribution is 2.43. The van der Waals surface area contributed by atoms with Crippen molar-refractivity contribution >= 4 is 21.3 Å². The Morgan fingerprint density at radius 1 is 1.07 bits per heavy atom. The molecule has 2 heterocycles. The molecule has 2 aromatic carbocycles. The van der Waals surface area contributed by atoms with E-state index in [-0.39, 0.29) is 29.6 Å².